The van der Waals surface area contributed by atoms with E-state index in [1.807, 2.05) is 0 Å². The largest absolute Gasteiger partial charge is 0.369 e. The third kappa shape index (κ3) is 2.43. The van der Waals surface area contributed by atoms with E-state index >= 15 is 0 Å². The molecule has 0 radical (unpaired) electrons. The smallest absolute Gasteiger partial charge is 0.243 e. The van der Waals surface area contributed by atoms with Crippen LogP contribution in [0.25, 0.3) is 0 Å². The van der Waals surface area contributed by atoms with Crippen LogP contribution in [-0.4, -0.2) is 84.7 Å². The zero-order chi connectivity index (χ0) is 17.9. The number of carbonyl (C=O) groups is 1. The highest BCUT2D eigenvalue weighted by molar-refractivity contribution is 5.87. The van der Waals surface area contributed by atoms with Crippen molar-refractivity contribution in [1.29, 1.82) is 0 Å². The maximum absolute atomic E-state index is 13.8. The van der Waals surface area contributed by atoms with Gasteiger partial charge in [0.05, 0.1) is 18.2 Å². The Hall–Kier alpha value is -0.650. The maximum Gasteiger partial charge on any atom is 0.243 e. The molecule has 4 atom stereocenters. The molecule has 5 nitrogen and oxygen atoms in total. The number of fused-ring (bicyclic) bond motifs is 1. The molecule has 1 saturated carbocycles. The second kappa shape index (κ2) is 6.18. The summed E-state index contributed by atoms with van der Waals surface area (Å²) in [6.07, 6.45) is 9.88. The molecule has 0 aromatic heterocycles. The van der Waals surface area contributed by atoms with Gasteiger partial charge in [-0.2, -0.15) is 0 Å². The molecule has 1 aliphatic carbocycles. The lowest BCUT2D eigenvalue weighted by Crippen LogP contribution is -2.57. The van der Waals surface area contributed by atoms with E-state index in [0.29, 0.717) is 23.8 Å². The van der Waals surface area contributed by atoms with Gasteiger partial charge in [-0.25, -0.2) is 0 Å². The van der Waals surface area contributed by atoms with Crippen LogP contribution in [0.3, 0.4) is 0 Å². The first kappa shape index (κ1) is 17.4. The fraction of sp³-hybridized carbons (Fsp3) is 0.952. The third-order valence-electron chi connectivity index (χ3n) is 8.19. The van der Waals surface area contributed by atoms with Crippen LogP contribution < -0.4 is 0 Å². The van der Waals surface area contributed by atoms with Crippen LogP contribution in [-0.2, 0) is 9.53 Å². The molecule has 26 heavy (non-hydrogen) atoms. The van der Waals surface area contributed by atoms with E-state index in [9.17, 15) is 4.79 Å². The number of rotatable bonds is 4. The fourth-order valence-corrected chi connectivity index (χ4v) is 7.08. The molecule has 0 aromatic carbocycles. The summed E-state index contributed by atoms with van der Waals surface area (Å²) in [5.74, 6) is 1.59. The SMILES string of the molecule is CN(C)C[C@H]1[C@H]2CN(C(=O)C3(N4CCCC4)CCCC3)C[C@]23CC[C@H]1O3. The van der Waals surface area contributed by atoms with E-state index in [0.717, 1.165) is 52.0 Å². The Morgan fingerprint density at radius 2 is 1.85 bits per heavy atom. The van der Waals surface area contributed by atoms with Crippen molar-refractivity contribution >= 4 is 5.91 Å². The standard InChI is InChI=1S/C21H35N3O2/c1-22(2)13-16-17-14-23(15-21(17)10-7-18(16)26-21)19(25)20(8-3-4-9-20)24-11-5-6-12-24/h16-18H,3-15H2,1-2H3/t16-,17+,18+,21+/m0/s1. The van der Waals surface area contributed by atoms with Gasteiger partial charge in [0.15, 0.2) is 0 Å². The first-order chi connectivity index (χ1) is 12.5. The van der Waals surface area contributed by atoms with Gasteiger partial charge in [-0.15, -0.1) is 0 Å². The van der Waals surface area contributed by atoms with Crippen LogP contribution in [0, 0.1) is 11.8 Å². The van der Waals surface area contributed by atoms with Gasteiger partial charge in [0, 0.05) is 24.9 Å². The molecule has 5 aliphatic rings. The van der Waals surface area contributed by atoms with E-state index in [2.05, 4.69) is 28.8 Å². The summed E-state index contributed by atoms with van der Waals surface area (Å²) in [5, 5.41) is 0. The molecule has 4 aliphatic heterocycles. The predicted octanol–water partition coefficient (Wildman–Crippen LogP) is 1.96. The lowest BCUT2D eigenvalue weighted by molar-refractivity contribution is -0.144. The van der Waals surface area contributed by atoms with Crippen LogP contribution >= 0.6 is 0 Å². The molecule has 4 saturated heterocycles. The Labute approximate surface area is 158 Å². The van der Waals surface area contributed by atoms with E-state index in [4.69, 9.17) is 4.74 Å². The average Bonchev–Trinajstić information content (AvgIpc) is 3.39. The van der Waals surface area contributed by atoms with E-state index in [1.165, 1.54) is 32.1 Å². The number of hydrogen-bond donors (Lipinski definition) is 0. The molecule has 0 aromatic rings. The summed E-state index contributed by atoms with van der Waals surface area (Å²) in [4.78, 5) is 20.9. The first-order valence-corrected chi connectivity index (χ1v) is 10.9. The molecule has 4 heterocycles. The molecular weight excluding hydrogens is 326 g/mol. The van der Waals surface area contributed by atoms with Gasteiger partial charge in [-0.05, 0) is 65.7 Å². The zero-order valence-corrected chi connectivity index (χ0v) is 16.6. The molecule has 5 heteroatoms. The third-order valence-corrected chi connectivity index (χ3v) is 8.19. The quantitative estimate of drug-likeness (QED) is 0.767. The highest BCUT2D eigenvalue weighted by atomic mass is 16.5. The molecule has 5 fully saturated rings. The summed E-state index contributed by atoms with van der Waals surface area (Å²) in [6, 6.07) is 0. The molecular formula is C21H35N3O2. The highest BCUT2D eigenvalue weighted by Gasteiger charge is 2.64. The molecule has 1 amide bonds. The van der Waals surface area contributed by atoms with Crippen molar-refractivity contribution in [3.05, 3.63) is 0 Å². The van der Waals surface area contributed by atoms with Crippen molar-refractivity contribution in [2.24, 2.45) is 11.8 Å². The second-order valence-electron chi connectivity index (χ2n) is 9.91. The van der Waals surface area contributed by atoms with E-state index in [1.54, 1.807) is 0 Å². The van der Waals surface area contributed by atoms with Crippen molar-refractivity contribution in [2.75, 3.05) is 46.8 Å². The van der Waals surface area contributed by atoms with Gasteiger partial charge in [-0.1, -0.05) is 12.8 Å². The Morgan fingerprint density at radius 1 is 1.12 bits per heavy atom. The lowest BCUT2D eigenvalue weighted by Gasteiger charge is -2.40. The summed E-state index contributed by atoms with van der Waals surface area (Å²) in [7, 11) is 4.33. The lowest BCUT2D eigenvalue weighted by atomic mass is 9.73. The van der Waals surface area contributed by atoms with Crippen LogP contribution in [0.5, 0.6) is 0 Å². The molecule has 0 N–H and O–H groups in total. The minimum absolute atomic E-state index is 0.0220. The number of amides is 1. The van der Waals surface area contributed by atoms with E-state index in [-0.39, 0.29) is 11.1 Å². The molecule has 146 valence electrons. The fourth-order valence-electron chi connectivity index (χ4n) is 7.08. The Balaban J connectivity index is 1.37. The molecule has 1 spiro atoms. The summed E-state index contributed by atoms with van der Waals surface area (Å²) >= 11 is 0. The molecule has 2 bridgehead atoms. The Bertz CT molecular complexity index is 568. The van der Waals surface area contributed by atoms with Crippen LogP contribution in [0.2, 0.25) is 0 Å². The second-order valence-corrected chi connectivity index (χ2v) is 9.91. The predicted molar refractivity (Wildman–Crippen MR) is 101 cm³/mol. The van der Waals surface area contributed by atoms with Crippen molar-refractivity contribution < 1.29 is 9.53 Å². The number of ether oxygens (including phenoxy) is 1. The van der Waals surface area contributed by atoms with Crippen molar-refractivity contribution in [1.82, 2.24) is 14.7 Å². The minimum Gasteiger partial charge on any atom is -0.369 e. The molecule has 0 unspecified atom stereocenters. The maximum atomic E-state index is 13.8. The molecule has 5 rings (SSSR count). The minimum atomic E-state index is -0.180. The number of carbonyl (C=O) groups excluding carboxylic acids is 1. The summed E-state index contributed by atoms with van der Waals surface area (Å²) in [5.41, 5.74) is -0.202. The van der Waals surface area contributed by atoms with Crippen LogP contribution in [0.15, 0.2) is 0 Å². The summed E-state index contributed by atoms with van der Waals surface area (Å²) in [6.45, 7) is 5.12. The van der Waals surface area contributed by atoms with Crippen molar-refractivity contribution in [3.63, 3.8) is 0 Å². The van der Waals surface area contributed by atoms with Crippen molar-refractivity contribution in [2.45, 2.75) is 68.6 Å². The average molecular weight is 362 g/mol. The zero-order valence-electron chi connectivity index (χ0n) is 16.6. The van der Waals surface area contributed by atoms with Crippen LogP contribution in [0.4, 0.5) is 0 Å². The van der Waals surface area contributed by atoms with E-state index < -0.39 is 0 Å². The van der Waals surface area contributed by atoms with Crippen molar-refractivity contribution in [3.8, 4) is 0 Å². The van der Waals surface area contributed by atoms with Gasteiger partial charge >= 0.3 is 0 Å². The van der Waals surface area contributed by atoms with Gasteiger partial charge in [-0.3, -0.25) is 9.69 Å². The Morgan fingerprint density at radius 3 is 2.54 bits per heavy atom. The highest BCUT2D eigenvalue weighted by Crippen LogP contribution is 2.55. The van der Waals surface area contributed by atoms with Gasteiger partial charge < -0.3 is 14.5 Å². The number of likely N-dealkylation sites (tertiary alicyclic amines) is 2. The van der Waals surface area contributed by atoms with Gasteiger partial charge in [0.1, 0.15) is 5.54 Å². The Kier molecular flexibility index (Phi) is 4.15. The first-order valence-electron chi connectivity index (χ1n) is 10.9. The number of nitrogens with zero attached hydrogens (tertiary/aromatic N) is 3. The van der Waals surface area contributed by atoms with Gasteiger partial charge in [0.2, 0.25) is 5.91 Å². The normalized spacial score (nSPS) is 41.5. The topological polar surface area (TPSA) is 36.0 Å². The van der Waals surface area contributed by atoms with Gasteiger partial charge in [0.25, 0.3) is 0 Å². The van der Waals surface area contributed by atoms with Crippen LogP contribution in [0.1, 0.15) is 51.4 Å². The monoisotopic (exact) mass is 361 g/mol. The summed E-state index contributed by atoms with van der Waals surface area (Å²) < 4.78 is 6.56. The number of hydrogen-bond acceptors (Lipinski definition) is 4.